The molecule has 0 fully saturated rings. The highest BCUT2D eigenvalue weighted by atomic mass is 35.5. The van der Waals surface area contributed by atoms with Crippen molar-refractivity contribution < 1.29 is 8.95 Å². The summed E-state index contributed by atoms with van der Waals surface area (Å²) in [6.07, 6.45) is 0. The molecular formula is C16H14ClNO2S. The zero-order valence-corrected chi connectivity index (χ0v) is 12.9. The van der Waals surface area contributed by atoms with Crippen LogP contribution in [0.3, 0.4) is 0 Å². The number of benzene rings is 2. The second-order valence-corrected chi connectivity index (χ2v) is 6.32. The topological polar surface area (TPSA) is 50.1 Å². The van der Waals surface area contributed by atoms with E-state index in [1.165, 1.54) is 0 Å². The number of rotatable bonds is 6. The van der Waals surface area contributed by atoms with Crippen LogP contribution in [0.1, 0.15) is 11.1 Å². The number of nitriles is 1. The number of nitrogens with zero attached hydrogens (tertiary/aromatic N) is 1. The molecule has 0 aliphatic heterocycles. The Morgan fingerprint density at radius 3 is 2.62 bits per heavy atom. The average Bonchev–Trinajstić information content (AvgIpc) is 2.50. The van der Waals surface area contributed by atoms with Crippen molar-refractivity contribution >= 4 is 22.4 Å². The number of hydrogen-bond donors (Lipinski definition) is 0. The van der Waals surface area contributed by atoms with E-state index in [1.807, 2.05) is 18.2 Å². The molecule has 0 saturated carbocycles. The van der Waals surface area contributed by atoms with Crippen LogP contribution < -0.4 is 4.74 Å². The van der Waals surface area contributed by atoms with Gasteiger partial charge in [-0.15, -0.1) is 0 Å². The third-order valence-electron chi connectivity index (χ3n) is 2.85. The fourth-order valence-electron chi connectivity index (χ4n) is 1.79. The third-order valence-corrected chi connectivity index (χ3v) is 4.47. The molecule has 2 aromatic rings. The Balaban J connectivity index is 1.85. The fourth-order valence-corrected chi connectivity index (χ4v) is 3.08. The van der Waals surface area contributed by atoms with Crippen molar-refractivity contribution in [1.82, 2.24) is 0 Å². The summed E-state index contributed by atoms with van der Waals surface area (Å²) in [6, 6.07) is 16.4. The molecule has 2 aromatic carbocycles. The quantitative estimate of drug-likeness (QED) is 0.818. The van der Waals surface area contributed by atoms with Crippen molar-refractivity contribution in [3.63, 3.8) is 0 Å². The lowest BCUT2D eigenvalue weighted by Crippen LogP contribution is -2.10. The molecule has 0 heterocycles. The minimum atomic E-state index is -1.06. The van der Waals surface area contributed by atoms with Crippen LogP contribution in [0.15, 0.2) is 48.5 Å². The summed E-state index contributed by atoms with van der Waals surface area (Å²) in [4.78, 5) is 0. The third kappa shape index (κ3) is 4.59. The Kier molecular flexibility index (Phi) is 5.79. The smallest absolute Gasteiger partial charge is 0.137 e. The van der Waals surface area contributed by atoms with Crippen LogP contribution in [-0.4, -0.2) is 16.6 Å². The van der Waals surface area contributed by atoms with Gasteiger partial charge in [-0.1, -0.05) is 41.9 Å². The largest absolute Gasteiger partial charge is 0.491 e. The van der Waals surface area contributed by atoms with Gasteiger partial charge in [0.1, 0.15) is 11.8 Å². The van der Waals surface area contributed by atoms with Gasteiger partial charge in [0.25, 0.3) is 0 Å². The second kappa shape index (κ2) is 7.82. The first kappa shape index (κ1) is 15.6. The first-order chi connectivity index (χ1) is 10.2. The minimum Gasteiger partial charge on any atom is -0.491 e. The molecule has 0 radical (unpaired) electrons. The number of halogens is 1. The van der Waals surface area contributed by atoms with Gasteiger partial charge >= 0.3 is 0 Å². The van der Waals surface area contributed by atoms with Crippen molar-refractivity contribution in [3.05, 3.63) is 64.7 Å². The molecule has 1 unspecified atom stereocenters. The van der Waals surface area contributed by atoms with E-state index < -0.39 is 10.8 Å². The van der Waals surface area contributed by atoms with E-state index in [4.69, 9.17) is 21.6 Å². The maximum Gasteiger partial charge on any atom is 0.137 e. The van der Waals surface area contributed by atoms with Crippen molar-refractivity contribution in [1.29, 1.82) is 5.26 Å². The maximum absolute atomic E-state index is 12.0. The summed E-state index contributed by atoms with van der Waals surface area (Å²) in [7, 11) is -1.06. The molecule has 0 N–H and O–H groups in total. The van der Waals surface area contributed by atoms with E-state index >= 15 is 0 Å². The Morgan fingerprint density at radius 1 is 1.14 bits per heavy atom. The normalized spacial score (nSPS) is 11.6. The molecular weight excluding hydrogens is 306 g/mol. The highest BCUT2D eigenvalue weighted by Gasteiger charge is 2.07. The summed E-state index contributed by atoms with van der Waals surface area (Å²) in [5.74, 6) is 1.32. The number of ether oxygens (including phenoxy) is 1. The predicted molar refractivity (Wildman–Crippen MR) is 84.8 cm³/mol. The Hall–Kier alpha value is -1.83. The van der Waals surface area contributed by atoms with Crippen LogP contribution in [0, 0.1) is 11.3 Å². The first-order valence-corrected chi connectivity index (χ1v) is 8.27. The molecule has 1 atom stereocenters. The molecule has 21 heavy (non-hydrogen) atoms. The maximum atomic E-state index is 12.0. The van der Waals surface area contributed by atoms with Crippen molar-refractivity contribution in [2.45, 2.75) is 5.75 Å². The van der Waals surface area contributed by atoms with Crippen molar-refractivity contribution in [3.8, 4) is 11.8 Å². The Labute approximate surface area is 131 Å². The van der Waals surface area contributed by atoms with Gasteiger partial charge in [-0.2, -0.15) is 5.26 Å². The summed E-state index contributed by atoms with van der Waals surface area (Å²) in [5.41, 5.74) is 1.35. The van der Waals surface area contributed by atoms with E-state index in [-0.39, 0.29) is 0 Å². The molecule has 0 amide bonds. The van der Waals surface area contributed by atoms with Gasteiger partial charge in [-0.25, -0.2) is 0 Å². The van der Waals surface area contributed by atoms with E-state index in [2.05, 4.69) is 6.07 Å². The van der Waals surface area contributed by atoms with Gasteiger partial charge in [0, 0.05) is 15.8 Å². The molecule has 0 aliphatic rings. The number of hydrogen-bond acceptors (Lipinski definition) is 3. The van der Waals surface area contributed by atoms with Gasteiger partial charge in [-0.05, 0) is 23.8 Å². The summed E-state index contributed by atoms with van der Waals surface area (Å²) in [6.45, 7) is 0.301. The van der Waals surface area contributed by atoms with Gasteiger partial charge in [-0.3, -0.25) is 4.21 Å². The average molecular weight is 320 g/mol. The molecule has 3 nitrogen and oxygen atoms in total. The monoisotopic (exact) mass is 319 g/mol. The van der Waals surface area contributed by atoms with Gasteiger partial charge in [0.2, 0.25) is 0 Å². The molecule has 0 spiro atoms. The van der Waals surface area contributed by atoms with Gasteiger partial charge in [0.05, 0.1) is 23.7 Å². The molecule has 0 aliphatic carbocycles. The predicted octanol–water partition coefficient (Wildman–Crippen LogP) is 3.54. The first-order valence-electron chi connectivity index (χ1n) is 6.41. The van der Waals surface area contributed by atoms with Crippen molar-refractivity contribution in [2.24, 2.45) is 0 Å². The van der Waals surface area contributed by atoms with E-state index in [0.29, 0.717) is 34.4 Å². The lowest BCUT2D eigenvalue weighted by Gasteiger charge is -2.08. The lowest BCUT2D eigenvalue weighted by molar-refractivity contribution is 0.341. The fraction of sp³-hybridized carbons (Fsp3) is 0.188. The zero-order valence-electron chi connectivity index (χ0n) is 11.3. The molecule has 2 rings (SSSR count). The van der Waals surface area contributed by atoms with Gasteiger partial charge in [0.15, 0.2) is 0 Å². The van der Waals surface area contributed by atoms with Crippen LogP contribution in [0.5, 0.6) is 5.75 Å². The van der Waals surface area contributed by atoms with Gasteiger partial charge < -0.3 is 4.74 Å². The van der Waals surface area contributed by atoms with Crippen molar-refractivity contribution in [2.75, 3.05) is 12.4 Å². The highest BCUT2D eigenvalue weighted by molar-refractivity contribution is 7.84. The summed E-state index contributed by atoms with van der Waals surface area (Å²) in [5, 5.41) is 9.57. The molecule has 5 heteroatoms. The van der Waals surface area contributed by atoms with Crippen LogP contribution in [0.4, 0.5) is 0 Å². The summed E-state index contributed by atoms with van der Waals surface area (Å²) < 4.78 is 17.5. The zero-order chi connectivity index (χ0) is 15.1. The van der Waals surface area contributed by atoms with Crippen LogP contribution in [0.2, 0.25) is 5.02 Å². The Morgan fingerprint density at radius 2 is 1.86 bits per heavy atom. The van der Waals surface area contributed by atoms with Crippen LogP contribution in [0.25, 0.3) is 0 Å². The number of para-hydroxylation sites is 1. The lowest BCUT2D eigenvalue weighted by atomic mass is 10.2. The standard InChI is InChI=1S/C16H14ClNO2S/c17-15-7-3-1-6-14(15)12-21(19)10-9-20-16-8-4-2-5-13(16)11-18/h1-8H,9-10,12H2. The second-order valence-electron chi connectivity index (χ2n) is 4.34. The molecule has 0 aromatic heterocycles. The summed E-state index contributed by atoms with van der Waals surface area (Å²) >= 11 is 6.04. The minimum absolute atomic E-state index is 0.301. The molecule has 0 bridgehead atoms. The molecule has 108 valence electrons. The highest BCUT2D eigenvalue weighted by Crippen LogP contribution is 2.18. The molecule has 0 saturated heterocycles. The van der Waals surface area contributed by atoms with E-state index in [9.17, 15) is 4.21 Å². The Bertz CT molecular complexity index is 682. The van der Waals surface area contributed by atoms with Crippen LogP contribution >= 0.6 is 11.6 Å². The SMILES string of the molecule is N#Cc1ccccc1OCCS(=O)Cc1ccccc1Cl. The van der Waals surface area contributed by atoms with E-state index in [1.54, 1.807) is 30.3 Å². The van der Waals surface area contributed by atoms with Crippen LogP contribution in [-0.2, 0) is 16.6 Å². The van der Waals surface area contributed by atoms with E-state index in [0.717, 1.165) is 5.56 Å².